The number of hydrogen-bond acceptors (Lipinski definition) is 4. The Labute approximate surface area is 120 Å². The zero-order chi connectivity index (χ0) is 14.8. The van der Waals surface area contributed by atoms with Gasteiger partial charge in [-0.2, -0.15) is 0 Å². The molecule has 0 aromatic heterocycles. The molecule has 0 heterocycles. The highest BCUT2D eigenvalue weighted by Gasteiger charge is 1.99. The molecule has 3 N–H and O–H groups in total. The van der Waals surface area contributed by atoms with Crippen LogP contribution in [-0.4, -0.2) is 58.4 Å². The highest BCUT2D eigenvalue weighted by molar-refractivity contribution is 5.92. The maximum absolute atomic E-state index is 5.84. The average molecular weight is 280 g/mol. The summed E-state index contributed by atoms with van der Waals surface area (Å²) in [7, 11) is 5.36. The molecule has 0 aliphatic carbocycles. The predicted molar refractivity (Wildman–Crippen MR) is 82.5 cm³/mol. The molecular weight excluding hydrogens is 256 g/mol. The summed E-state index contributed by atoms with van der Waals surface area (Å²) in [4.78, 5) is 6.43. The number of nitrogens with two attached hydrogens (primary N) is 1. The first-order valence-corrected chi connectivity index (χ1v) is 6.54. The van der Waals surface area contributed by atoms with E-state index in [1.54, 1.807) is 14.2 Å². The van der Waals surface area contributed by atoms with Crippen LogP contribution in [0.4, 0.5) is 5.69 Å². The van der Waals surface area contributed by atoms with E-state index in [0.717, 1.165) is 31.1 Å². The second-order valence-electron chi connectivity index (χ2n) is 4.42. The van der Waals surface area contributed by atoms with E-state index in [4.69, 9.17) is 15.2 Å². The first-order valence-electron chi connectivity index (χ1n) is 6.54. The molecule has 0 aliphatic heterocycles. The van der Waals surface area contributed by atoms with Crippen LogP contribution in [0.2, 0.25) is 0 Å². The van der Waals surface area contributed by atoms with Gasteiger partial charge in [0.25, 0.3) is 0 Å². The van der Waals surface area contributed by atoms with Crippen LogP contribution >= 0.6 is 0 Å². The number of likely N-dealkylation sites (N-methyl/N-ethyl adjacent to an activating group) is 1. The molecule has 0 spiro atoms. The van der Waals surface area contributed by atoms with E-state index < -0.39 is 0 Å². The molecule has 1 aromatic carbocycles. The Balaban J connectivity index is 2.37. The molecule has 0 radical (unpaired) electrons. The summed E-state index contributed by atoms with van der Waals surface area (Å²) in [5, 5.41) is 3.04. The van der Waals surface area contributed by atoms with E-state index in [1.807, 2.05) is 31.3 Å². The smallest absolute Gasteiger partial charge is 0.193 e. The van der Waals surface area contributed by atoms with Crippen molar-refractivity contribution < 1.29 is 9.47 Å². The summed E-state index contributed by atoms with van der Waals surface area (Å²) in [6.07, 6.45) is 0. The van der Waals surface area contributed by atoms with Gasteiger partial charge in [0.1, 0.15) is 5.75 Å². The van der Waals surface area contributed by atoms with Crippen LogP contribution in [0.1, 0.15) is 0 Å². The summed E-state index contributed by atoms with van der Waals surface area (Å²) >= 11 is 0. The highest BCUT2D eigenvalue weighted by atomic mass is 16.5. The molecular formula is C14H24N4O2. The summed E-state index contributed by atoms with van der Waals surface area (Å²) in [5.74, 6) is 1.18. The average Bonchev–Trinajstić information content (AvgIpc) is 2.45. The third kappa shape index (κ3) is 6.40. The molecule has 1 aromatic rings. The molecule has 0 amide bonds. The van der Waals surface area contributed by atoms with Crippen LogP contribution in [0.3, 0.4) is 0 Å². The molecule has 0 saturated carbocycles. The zero-order valence-corrected chi connectivity index (χ0v) is 12.4. The Morgan fingerprint density at radius 2 is 2.15 bits per heavy atom. The van der Waals surface area contributed by atoms with E-state index in [2.05, 4.69) is 15.2 Å². The largest absolute Gasteiger partial charge is 0.497 e. The number of hydrogen-bond donors (Lipinski definition) is 2. The number of anilines is 1. The van der Waals surface area contributed by atoms with Gasteiger partial charge in [0.05, 0.1) is 20.3 Å². The van der Waals surface area contributed by atoms with Gasteiger partial charge in [-0.15, -0.1) is 0 Å². The summed E-state index contributed by atoms with van der Waals surface area (Å²) in [6, 6.07) is 7.55. The van der Waals surface area contributed by atoms with Crippen molar-refractivity contribution in [3.05, 3.63) is 24.3 Å². The van der Waals surface area contributed by atoms with Crippen LogP contribution in [0.5, 0.6) is 5.75 Å². The predicted octanol–water partition coefficient (Wildman–Crippen LogP) is 1.00. The Bertz CT molecular complexity index is 423. The van der Waals surface area contributed by atoms with Gasteiger partial charge < -0.3 is 25.4 Å². The first kappa shape index (κ1) is 16.3. The highest BCUT2D eigenvalue weighted by Crippen LogP contribution is 2.16. The monoisotopic (exact) mass is 280 g/mol. The van der Waals surface area contributed by atoms with Gasteiger partial charge in [-0.3, -0.25) is 4.99 Å². The van der Waals surface area contributed by atoms with Gasteiger partial charge in [-0.1, -0.05) is 6.07 Å². The number of methoxy groups -OCH3 is 2. The van der Waals surface area contributed by atoms with E-state index in [1.165, 1.54) is 0 Å². The number of nitrogens with one attached hydrogen (secondary N) is 1. The standard InChI is InChI=1S/C14H24N4O2/c1-18(9-10-19-2)8-7-16-14(15)17-12-5-4-6-13(11-12)20-3/h4-6,11H,7-10H2,1-3H3,(H3,15,16,17). The lowest BCUT2D eigenvalue weighted by molar-refractivity contribution is 0.163. The summed E-state index contributed by atoms with van der Waals surface area (Å²) in [5.41, 5.74) is 6.70. The number of rotatable bonds is 8. The summed E-state index contributed by atoms with van der Waals surface area (Å²) in [6.45, 7) is 3.08. The fraction of sp³-hybridized carbons (Fsp3) is 0.500. The molecule has 0 saturated heterocycles. The lowest BCUT2D eigenvalue weighted by Gasteiger charge is -2.14. The fourth-order valence-electron chi connectivity index (χ4n) is 1.59. The molecule has 1 rings (SSSR count). The SMILES string of the molecule is COCCN(C)CCN=C(N)Nc1cccc(OC)c1. The van der Waals surface area contributed by atoms with Crippen LogP contribution in [0, 0.1) is 0 Å². The summed E-state index contributed by atoms with van der Waals surface area (Å²) < 4.78 is 10.2. The Morgan fingerprint density at radius 1 is 1.35 bits per heavy atom. The van der Waals surface area contributed by atoms with Gasteiger partial charge in [-0.25, -0.2) is 0 Å². The van der Waals surface area contributed by atoms with E-state index in [-0.39, 0.29) is 0 Å². The van der Waals surface area contributed by atoms with Crippen LogP contribution < -0.4 is 15.8 Å². The van der Waals surface area contributed by atoms with Gasteiger partial charge in [0, 0.05) is 32.0 Å². The fourth-order valence-corrected chi connectivity index (χ4v) is 1.59. The van der Waals surface area contributed by atoms with Crippen molar-refractivity contribution in [2.45, 2.75) is 0 Å². The molecule has 0 bridgehead atoms. The maximum atomic E-state index is 5.84. The topological polar surface area (TPSA) is 72.1 Å². The van der Waals surface area contributed by atoms with Crippen LogP contribution in [0.15, 0.2) is 29.3 Å². The molecule has 20 heavy (non-hydrogen) atoms. The van der Waals surface area contributed by atoms with Crippen molar-refractivity contribution in [1.82, 2.24) is 4.90 Å². The minimum atomic E-state index is 0.401. The molecule has 6 heteroatoms. The molecule has 0 aliphatic rings. The molecule has 6 nitrogen and oxygen atoms in total. The maximum Gasteiger partial charge on any atom is 0.193 e. The molecule has 0 fully saturated rings. The lowest BCUT2D eigenvalue weighted by Crippen LogP contribution is -2.28. The van der Waals surface area contributed by atoms with Crippen molar-refractivity contribution in [1.29, 1.82) is 0 Å². The Kier molecular flexibility index (Phi) is 7.46. The van der Waals surface area contributed by atoms with Crippen molar-refractivity contribution in [3.8, 4) is 5.75 Å². The van der Waals surface area contributed by atoms with Gasteiger partial charge in [0.15, 0.2) is 5.96 Å². The van der Waals surface area contributed by atoms with Crippen molar-refractivity contribution in [2.75, 3.05) is 52.8 Å². The van der Waals surface area contributed by atoms with Crippen LogP contribution in [0.25, 0.3) is 0 Å². The third-order valence-electron chi connectivity index (χ3n) is 2.78. The second-order valence-corrected chi connectivity index (χ2v) is 4.42. The molecule has 0 atom stereocenters. The Hall–Kier alpha value is -1.79. The zero-order valence-electron chi connectivity index (χ0n) is 12.4. The van der Waals surface area contributed by atoms with E-state index in [9.17, 15) is 0 Å². The molecule has 0 unspecified atom stereocenters. The number of nitrogens with zero attached hydrogens (tertiary/aromatic N) is 2. The quantitative estimate of drug-likeness (QED) is 0.549. The number of benzene rings is 1. The van der Waals surface area contributed by atoms with Crippen molar-refractivity contribution in [3.63, 3.8) is 0 Å². The van der Waals surface area contributed by atoms with Gasteiger partial charge in [-0.05, 0) is 19.2 Å². The number of aliphatic imine (C=N–C) groups is 1. The van der Waals surface area contributed by atoms with E-state index >= 15 is 0 Å². The Morgan fingerprint density at radius 3 is 2.85 bits per heavy atom. The number of ether oxygens (including phenoxy) is 2. The van der Waals surface area contributed by atoms with Crippen molar-refractivity contribution in [2.24, 2.45) is 10.7 Å². The normalized spacial score (nSPS) is 11.7. The minimum absolute atomic E-state index is 0.401. The van der Waals surface area contributed by atoms with Crippen LogP contribution in [-0.2, 0) is 4.74 Å². The number of guanidine groups is 1. The van der Waals surface area contributed by atoms with Gasteiger partial charge >= 0.3 is 0 Å². The second kappa shape index (κ2) is 9.17. The molecule has 112 valence electrons. The third-order valence-corrected chi connectivity index (χ3v) is 2.78. The first-order chi connectivity index (χ1) is 9.65. The van der Waals surface area contributed by atoms with Crippen molar-refractivity contribution >= 4 is 11.6 Å². The van der Waals surface area contributed by atoms with Gasteiger partial charge in [0.2, 0.25) is 0 Å². The van der Waals surface area contributed by atoms with E-state index in [0.29, 0.717) is 12.5 Å². The minimum Gasteiger partial charge on any atom is -0.497 e. The lowest BCUT2D eigenvalue weighted by atomic mass is 10.3.